The van der Waals surface area contributed by atoms with Crippen molar-refractivity contribution in [2.24, 2.45) is 0 Å². The molecule has 0 unspecified atom stereocenters. The van der Waals surface area contributed by atoms with Gasteiger partial charge in [0.2, 0.25) is 5.91 Å². The predicted molar refractivity (Wildman–Crippen MR) is 52.6 cm³/mol. The highest BCUT2D eigenvalue weighted by Gasteiger charge is 2.17. The van der Waals surface area contributed by atoms with Crippen LogP contribution in [0.3, 0.4) is 0 Å². The highest BCUT2D eigenvalue weighted by molar-refractivity contribution is 5.78. The molecule has 0 aliphatic carbocycles. The summed E-state index contributed by atoms with van der Waals surface area (Å²) in [5.41, 5.74) is 0. The van der Waals surface area contributed by atoms with Gasteiger partial charge in [0, 0.05) is 33.2 Å². The normalized spacial score (nSPS) is 20.5. The molecule has 0 bridgehead atoms. The molecule has 1 N–H and O–H groups in total. The second-order valence-electron chi connectivity index (χ2n) is 3.55. The van der Waals surface area contributed by atoms with Crippen LogP contribution in [0.5, 0.6) is 0 Å². The third kappa shape index (κ3) is 3.32. The summed E-state index contributed by atoms with van der Waals surface area (Å²) >= 11 is 0. The van der Waals surface area contributed by atoms with E-state index in [9.17, 15) is 4.79 Å². The molecule has 4 nitrogen and oxygen atoms in total. The van der Waals surface area contributed by atoms with E-state index in [1.807, 2.05) is 19.0 Å². The van der Waals surface area contributed by atoms with Gasteiger partial charge in [-0.2, -0.15) is 0 Å². The summed E-state index contributed by atoms with van der Waals surface area (Å²) in [4.78, 5) is 15.5. The Labute approximate surface area is 79.9 Å². The van der Waals surface area contributed by atoms with Crippen LogP contribution < -0.4 is 5.32 Å². The van der Waals surface area contributed by atoms with Crippen LogP contribution in [-0.2, 0) is 4.79 Å². The van der Waals surface area contributed by atoms with E-state index in [1.54, 1.807) is 0 Å². The zero-order chi connectivity index (χ0) is 9.68. The number of hydrogen-bond donors (Lipinski definition) is 1. The molecule has 0 radical (unpaired) electrons. The molecule has 0 spiro atoms. The number of nitrogens with one attached hydrogen (secondary N) is 1. The van der Waals surface area contributed by atoms with Crippen molar-refractivity contribution in [2.45, 2.75) is 6.42 Å². The maximum absolute atomic E-state index is 11.5. The van der Waals surface area contributed by atoms with Gasteiger partial charge in [-0.3, -0.25) is 9.69 Å². The van der Waals surface area contributed by atoms with Gasteiger partial charge in [-0.05, 0) is 13.5 Å². The van der Waals surface area contributed by atoms with Crippen LogP contribution in [0, 0.1) is 0 Å². The van der Waals surface area contributed by atoms with Gasteiger partial charge in [-0.15, -0.1) is 0 Å². The van der Waals surface area contributed by atoms with E-state index >= 15 is 0 Å². The summed E-state index contributed by atoms with van der Waals surface area (Å²) in [6.07, 6.45) is 1.09. The first kappa shape index (κ1) is 10.5. The summed E-state index contributed by atoms with van der Waals surface area (Å²) < 4.78 is 0. The van der Waals surface area contributed by atoms with Gasteiger partial charge in [0.15, 0.2) is 0 Å². The lowest BCUT2D eigenvalue weighted by Crippen LogP contribution is -2.37. The first-order chi connectivity index (χ1) is 6.24. The number of carbonyl (C=O) groups is 1. The molecule has 1 aliphatic heterocycles. The molecule has 13 heavy (non-hydrogen) atoms. The van der Waals surface area contributed by atoms with Crippen LogP contribution in [0.1, 0.15) is 6.42 Å². The second kappa shape index (κ2) is 5.19. The number of amides is 1. The Balaban J connectivity index is 2.35. The van der Waals surface area contributed by atoms with Crippen LogP contribution in [0.15, 0.2) is 0 Å². The lowest BCUT2D eigenvalue weighted by Gasteiger charge is -2.18. The average molecular weight is 185 g/mol. The second-order valence-corrected chi connectivity index (χ2v) is 3.55. The van der Waals surface area contributed by atoms with E-state index in [-0.39, 0.29) is 5.91 Å². The van der Waals surface area contributed by atoms with Gasteiger partial charge >= 0.3 is 0 Å². The molecular formula is C9H19N3O. The lowest BCUT2D eigenvalue weighted by atomic mass is 10.4. The Morgan fingerprint density at radius 2 is 2.23 bits per heavy atom. The minimum Gasteiger partial charge on any atom is -0.345 e. The van der Waals surface area contributed by atoms with Gasteiger partial charge in [0.25, 0.3) is 0 Å². The van der Waals surface area contributed by atoms with Crippen molar-refractivity contribution in [3.63, 3.8) is 0 Å². The molecule has 4 heteroatoms. The van der Waals surface area contributed by atoms with Crippen molar-refractivity contribution < 1.29 is 4.79 Å². The van der Waals surface area contributed by atoms with Crippen LogP contribution in [0.2, 0.25) is 0 Å². The van der Waals surface area contributed by atoms with Crippen molar-refractivity contribution in [1.82, 2.24) is 15.1 Å². The largest absolute Gasteiger partial charge is 0.345 e. The Morgan fingerprint density at radius 1 is 1.46 bits per heavy atom. The monoisotopic (exact) mass is 185 g/mol. The van der Waals surface area contributed by atoms with Crippen LogP contribution >= 0.6 is 0 Å². The fourth-order valence-corrected chi connectivity index (χ4v) is 1.51. The third-order valence-corrected chi connectivity index (χ3v) is 2.43. The smallest absolute Gasteiger partial charge is 0.236 e. The zero-order valence-electron chi connectivity index (χ0n) is 8.55. The Kier molecular flexibility index (Phi) is 4.18. The van der Waals surface area contributed by atoms with Crippen molar-refractivity contribution in [1.29, 1.82) is 0 Å². The number of hydrogen-bond acceptors (Lipinski definition) is 3. The molecule has 1 rings (SSSR count). The minimum atomic E-state index is 0.244. The first-order valence-electron chi connectivity index (χ1n) is 4.85. The van der Waals surface area contributed by atoms with Crippen LogP contribution in [0.4, 0.5) is 0 Å². The molecular weight excluding hydrogens is 166 g/mol. The number of nitrogens with zero attached hydrogens (tertiary/aromatic N) is 2. The van der Waals surface area contributed by atoms with Crippen molar-refractivity contribution in [3.8, 4) is 0 Å². The molecule has 0 aromatic rings. The Hall–Kier alpha value is -0.610. The fraction of sp³-hybridized carbons (Fsp3) is 0.889. The average Bonchev–Trinajstić information content (AvgIpc) is 2.26. The third-order valence-electron chi connectivity index (χ3n) is 2.43. The van der Waals surface area contributed by atoms with Crippen LogP contribution in [-0.4, -0.2) is 62.5 Å². The SMILES string of the molecule is CNCCN1CCCN(C)C(=O)C1. The molecule has 0 saturated carbocycles. The quantitative estimate of drug-likeness (QED) is 0.636. The number of carbonyl (C=O) groups excluding carboxylic acids is 1. The first-order valence-corrected chi connectivity index (χ1v) is 4.85. The Morgan fingerprint density at radius 3 is 2.92 bits per heavy atom. The molecule has 1 fully saturated rings. The molecule has 0 aromatic heterocycles. The van der Waals surface area contributed by atoms with E-state index in [0.717, 1.165) is 32.6 Å². The van der Waals surface area contributed by atoms with E-state index < -0.39 is 0 Å². The summed E-state index contributed by atoms with van der Waals surface area (Å²) in [6.45, 7) is 4.44. The highest BCUT2D eigenvalue weighted by Crippen LogP contribution is 2.01. The topological polar surface area (TPSA) is 35.6 Å². The van der Waals surface area contributed by atoms with E-state index in [0.29, 0.717) is 6.54 Å². The predicted octanol–water partition coefficient (Wildman–Crippen LogP) is -0.630. The molecule has 1 saturated heterocycles. The minimum absolute atomic E-state index is 0.244. The number of likely N-dealkylation sites (N-methyl/N-ethyl adjacent to an activating group) is 2. The Bertz CT molecular complexity index is 170. The van der Waals surface area contributed by atoms with Gasteiger partial charge in [0.1, 0.15) is 0 Å². The standard InChI is InChI=1S/C9H19N3O/c1-10-4-7-12-6-3-5-11(2)9(13)8-12/h10H,3-8H2,1-2H3. The summed E-state index contributed by atoms with van der Waals surface area (Å²) in [5.74, 6) is 0.244. The summed E-state index contributed by atoms with van der Waals surface area (Å²) in [7, 11) is 3.82. The number of rotatable bonds is 3. The fourth-order valence-electron chi connectivity index (χ4n) is 1.51. The maximum Gasteiger partial charge on any atom is 0.236 e. The van der Waals surface area contributed by atoms with Gasteiger partial charge < -0.3 is 10.2 Å². The molecule has 1 heterocycles. The molecule has 1 aliphatic rings. The summed E-state index contributed by atoms with van der Waals surface area (Å²) in [6, 6.07) is 0. The van der Waals surface area contributed by atoms with E-state index in [2.05, 4.69) is 10.2 Å². The van der Waals surface area contributed by atoms with E-state index in [4.69, 9.17) is 0 Å². The molecule has 0 aromatic carbocycles. The maximum atomic E-state index is 11.5. The van der Waals surface area contributed by atoms with Crippen molar-refractivity contribution in [2.75, 3.05) is 46.8 Å². The van der Waals surface area contributed by atoms with E-state index in [1.165, 1.54) is 0 Å². The molecule has 1 amide bonds. The zero-order valence-corrected chi connectivity index (χ0v) is 8.55. The van der Waals surface area contributed by atoms with Crippen molar-refractivity contribution >= 4 is 5.91 Å². The van der Waals surface area contributed by atoms with Gasteiger partial charge in [-0.25, -0.2) is 0 Å². The van der Waals surface area contributed by atoms with Crippen molar-refractivity contribution in [3.05, 3.63) is 0 Å². The highest BCUT2D eigenvalue weighted by atomic mass is 16.2. The van der Waals surface area contributed by atoms with Crippen LogP contribution in [0.25, 0.3) is 0 Å². The summed E-state index contributed by atoms with van der Waals surface area (Å²) in [5, 5.41) is 3.09. The molecule has 0 atom stereocenters. The lowest BCUT2D eigenvalue weighted by molar-refractivity contribution is -0.129. The molecule has 76 valence electrons. The van der Waals surface area contributed by atoms with Gasteiger partial charge in [0.05, 0.1) is 6.54 Å². The van der Waals surface area contributed by atoms with Gasteiger partial charge in [-0.1, -0.05) is 0 Å².